The number of hydrogen-bond acceptors (Lipinski definition) is 28. The second-order valence-corrected chi connectivity index (χ2v) is 30.1. The highest BCUT2D eigenvalue weighted by Crippen LogP contribution is 2.38. The molecular weight excluding hydrogens is 1670 g/mol. The van der Waals surface area contributed by atoms with Gasteiger partial charge in [-0.1, -0.05) is 11.8 Å². The number of guanidine groups is 1. The molecule has 126 heavy (non-hydrogen) atoms. The van der Waals surface area contributed by atoms with Crippen LogP contribution in [0.1, 0.15) is 127 Å². The molecule has 0 radical (unpaired) electrons. The Bertz CT molecular complexity index is 4640. The van der Waals surface area contributed by atoms with Gasteiger partial charge in [-0.25, -0.2) is 24.2 Å². The molecule has 2 saturated heterocycles. The van der Waals surface area contributed by atoms with E-state index in [1.807, 2.05) is 0 Å². The van der Waals surface area contributed by atoms with E-state index in [1.54, 1.807) is 11.8 Å². The number of amidine groups is 1. The Kier molecular flexibility index (Phi) is 38.1. The molecule has 0 bridgehead atoms. The Balaban J connectivity index is 0.960. The minimum atomic E-state index is -2.01. The van der Waals surface area contributed by atoms with E-state index in [0.717, 1.165) is 25.1 Å². The number of benzene rings is 2. The van der Waals surface area contributed by atoms with Crippen LogP contribution in [0.4, 0.5) is 15.8 Å². The van der Waals surface area contributed by atoms with Crippen LogP contribution in [0, 0.1) is 11.2 Å². The molecule has 3 aromatic rings. The van der Waals surface area contributed by atoms with Crippen LogP contribution in [-0.4, -0.2) is 320 Å². The van der Waals surface area contributed by atoms with Crippen molar-refractivity contribution in [3.63, 3.8) is 0 Å². The number of hydrogen-bond donors (Lipinski definition) is 24. The number of halogens is 1. The quantitative estimate of drug-likeness (QED) is 0.00626. The van der Waals surface area contributed by atoms with Gasteiger partial charge in [0, 0.05) is 127 Å². The molecule has 25 N–H and O–H groups in total. The molecule has 49 heteroatoms. The molecule has 1 aromatic heterocycles. The zero-order chi connectivity index (χ0) is 92.8. The van der Waals surface area contributed by atoms with Crippen LogP contribution in [0.15, 0.2) is 41.0 Å². The molecule has 0 unspecified atom stereocenters. The molecule has 2 aromatic carbocycles. The lowest BCUT2D eigenvalue weighted by Crippen LogP contribution is -2.83. The van der Waals surface area contributed by atoms with Gasteiger partial charge >= 0.3 is 5.97 Å². The number of anilines is 2. The highest BCUT2D eigenvalue weighted by molar-refractivity contribution is 6.17. The first-order chi connectivity index (χ1) is 59.9. The molecule has 4 aliphatic rings. The maximum atomic E-state index is 15.5. The normalized spacial score (nSPS) is 18.8. The molecule has 0 saturated carbocycles. The standard InChI is InChI=1S/C77H109FN22O26/c1-4-95-35-44(76(123)124)65(113)43-32-45(78)56(33-55(43)95)96-26-28-97(29-27-96)62(112)17-16-60(110)82-23-22-81-59(109)14-15-61(111)86-50-30-42-31-57(107)58(108)34-54(42)100-53(18-21-83-66(50)100)73(120)92-52(37-102)72(119)89-47(11-7-20-85-77(79)80)69(116)91-51(36-101)71(118)90-48(12-8-24-98(125)38-103)68(115)87-46-10-5-6-19-84-74(121)63(40(2)105)94-75(122)64(41(3)106)93-70(117)49(88-67(46)114)13-9-25-99(126)39-104/h30-35,38-41,46-49,51-53,63-64,101-102,105-108,125-126H,4-29,36-37H2,1-3H3,(H,81,109)(H,82,110)(H,84,121)(H,86,111)(H,87,115)(H,88,114)(H,89,119)(H,90,118)(H,91,116)(H,92,120)(H,93,117)(H,94,122)(H,123,124)(H4,79,80,85)/t40-,41-,46+,47+,48+,49+,51-,52-,53+,63+,64+/m1/s1. The predicted octanol–water partition coefficient (Wildman–Crippen LogP) is -10.2. The zero-order valence-corrected chi connectivity index (χ0v) is 69.3. The highest BCUT2D eigenvalue weighted by Gasteiger charge is 2.46. The van der Waals surface area contributed by atoms with Gasteiger partial charge in [0.25, 0.3) is 11.7 Å². The van der Waals surface area contributed by atoms with Gasteiger partial charge in [-0.05, 0) is 96.8 Å². The molecule has 0 aliphatic carbocycles. The first kappa shape index (κ1) is 99.8. The first-order valence-corrected chi connectivity index (χ1v) is 40.7. The lowest BCUT2D eigenvalue weighted by atomic mass is 9.98. The van der Waals surface area contributed by atoms with Gasteiger partial charge in [-0.15, -0.1) is 0 Å². The molecule has 4 aliphatic heterocycles. The van der Waals surface area contributed by atoms with E-state index in [0.29, 0.717) is 12.1 Å². The number of hydroxylamine groups is 4. The molecule has 11 atom stereocenters. The average molecular weight is 1780 g/mol. The molecule has 5 heterocycles. The number of aromatic carboxylic acids is 1. The number of nitrogens with zero attached hydrogens (tertiary/aromatic N) is 6. The average Bonchev–Trinajstić information content (AvgIpc) is 0.749. The third-order valence-corrected chi connectivity index (χ3v) is 20.9. The largest absolute Gasteiger partial charge is 0.870 e. The smallest absolute Gasteiger partial charge is 0.341 e. The summed E-state index contributed by atoms with van der Waals surface area (Å²) < 4.78 is 17.0. The van der Waals surface area contributed by atoms with Crippen molar-refractivity contribution in [3.8, 4) is 11.5 Å². The van der Waals surface area contributed by atoms with Crippen molar-refractivity contribution in [2.24, 2.45) is 5.73 Å². The van der Waals surface area contributed by atoms with Crippen LogP contribution in [-0.2, 0) is 78.5 Å². The third-order valence-electron chi connectivity index (χ3n) is 20.9. The number of nitrogens with one attached hydrogen (secondary N) is 15. The second-order valence-electron chi connectivity index (χ2n) is 30.1. The molecule has 2 fully saturated rings. The van der Waals surface area contributed by atoms with Crippen LogP contribution < -0.4 is 100 Å². The fourth-order valence-corrected chi connectivity index (χ4v) is 14.1. The van der Waals surface area contributed by atoms with Gasteiger partial charge in [0.15, 0.2) is 12.0 Å². The monoisotopic (exact) mass is 1780 g/mol. The lowest BCUT2D eigenvalue weighted by Gasteiger charge is -2.36. The highest BCUT2D eigenvalue weighted by atomic mass is 19.1. The number of rotatable bonds is 41. The number of piperazine rings is 1. The molecular formula is C77H109FN22O26. The van der Waals surface area contributed by atoms with Crippen molar-refractivity contribution in [3.05, 3.63) is 63.3 Å². The first-order valence-electron chi connectivity index (χ1n) is 40.7. The van der Waals surface area contributed by atoms with Crippen molar-refractivity contribution in [2.75, 3.05) is 95.0 Å². The van der Waals surface area contributed by atoms with Crippen LogP contribution >= 0.6 is 0 Å². The van der Waals surface area contributed by atoms with Gasteiger partial charge in [-0.2, -0.15) is 0 Å². The van der Waals surface area contributed by atoms with E-state index in [4.69, 9.17) is 11.1 Å². The molecule has 48 nitrogen and oxygen atoms in total. The number of aryl methyl sites for hydroxylation is 1. The van der Waals surface area contributed by atoms with Gasteiger partial charge in [0.1, 0.15) is 76.8 Å². The van der Waals surface area contributed by atoms with E-state index in [9.17, 15) is 128 Å². The summed E-state index contributed by atoms with van der Waals surface area (Å²) in [6, 6.07) is -11.0. The Hall–Kier alpha value is -13.3. The molecule has 7 rings (SSSR count). The summed E-state index contributed by atoms with van der Waals surface area (Å²) in [6.45, 7) is 1.48. The summed E-state index contributed by atoms with van der Waals surface area (Å²) in [5, 5.41) is 135. The van der Waals surface area contributed by atoms with Crippen LogP contribution in [0.3, 0.4) is 0 Å². The van der Waals surface area contributed by atoms with Crippen molar-refractivity contribution in [1.82, 2.24) is 88.7 Å². The minimum absolute atomic E-state index is 0.00261. The van der Waals surface area contributed by atoms with E-state index in [1.165, 1.54) is 39.6 Å². The summed E-state index contributed by atoms with van der Waals surface area (Å²) in [5.41, 5.74) is 4.74. The van der Waals surface area contributed by atoms with Gasteiger partial charge < -0.3 is 125 Å². The van der Waals surface area contributed by atoms with Crippen LogP contribution in [0.5, 0.6) is 11.5 Å². The fraction of sp³-hybridized carbons (Fsp3) is 0.545. The zero-order valence-electron chi connectivity index (χ0n) is 69.3. The summed E-state index contributed by atoms with van der Waals surface area (Å²) in [7, 11) is 0. The van der Waals surface area contributed by atoms with E-state index < -0.39 is 217 Å². The van der Waals surface area contributed by atoms with Gasteiger partial charge in [0.2, 0.25) is 89.1 Å². The number of nitrogens with two attached hydrogens (primary N) is 1. The van der Waals surface area contributed by atoms with Crippen LogP contribution in [0.25, 0.3) is 17.0 Å². The Morgan fingerprint density at radius 1 is 0.690 bits per heavy atom. The number of aromatic nitrogens is 1. The topological polar surface area (TPSA) is 716 Å². The van der Waals surface area contributed by atoms with E-state index in [2.05, 4.69) is 74.1 Å². The lowest BCUT2D eigenvalue weighted by molar-refractivity contribution is -0.463. The van der Waals surface area contributed by atoms with E-state index >= 15 is 4.39 Å². The number of phenols is 1. The number of fused-ring (bicyclic) bond motifs is 4. The molecule has 690 valence electrons. The number of pyridine rings is 1. The number of carbonyl (C=O) groups excluding carboxylic acids is 15. The Morgan fingerprint density at radius 2 is 1.27 bits per heavy atom. The van der Waals surface area contributed by atoms with Crippen LogP contribution in [0.2, 0.25) is 0 Å². The number of aliphatic hydroxyl groups is 4. The SMILES string of the molecule is CCn1cc(C(=O)O)c(=O)c2cc(F)c(N3CCN(C(=O)CCC(=O)NCCNC(=O)CCC(=O)NC4=Cc5cc([O-])c(O)cc5N5C4=[NH+]CC[C@H]5C(=O)N[C@H](CO)C(=O)N[C@@H](CCCNC(=N)N)C(=O)N[C@H](CO)C(=O)N[C@@H](CCCN(O)C=O)C(=O)N[C@H]4CCCCNC(=O)[C@H]([C@@H](C)O)NC(=O)[C@H]([C@@H](C)O)NC(=O)[C@H](CCCN(O)C=O)NC4=O)CC3)cc21. The maximum Gasteiger partial charge on any atom is 0.341 e. The predicted molar refractivity (Wildman–Crippen MR) is 436 cm³/mol. The summed E-state index contributed by atoms with van der Waals surface area (Å²) in [5.74, 6) is -16.6. The summed E-state index contributed by atoms with van der Waals surface area (Å²) in [4.78, 5) is 235. The number of carboxylic acids is 1. The minimum Gasteiger partial charge on any atom is -0.870 e. The van der Waals surface area contributed by atoms with Crippen molar-refractivity contribution >= 4 is 136 Å². The second kappa shape index (κ2) is 48.1. The van der Waals surface area contributed by atoms with Crippen molar-refractivity contribution in [1.29, 1.82) is 5.41 Å². The maximum absolute atomic E-state index is 15.5. The van der Waals surface area contributed by atoms with Gasteiger partial charge in [0.05, 0.1) is 43.2 Å². The summed E-state index contributed by atoms with van der Waals surface area (Å²) in [6.07, 6.45) is -3.81. The van der Waals surface area contributed by atoms with Crippen molar-refractivity contribution < 1.29 is 132 Å². The summed E-state index contributed by atoms with van der Waals surface area (Å²) >= 11 is 0. The Morgan fingerprint density at radius 3 is 1.88 bits per heavy atom. The van der Waals surface area contributed by atoms with E-state index in [-0.39, 0.29) is 199 Å². The number of carboxylic acid groups (broad SMARTS) is 1. The number of aliphatic hydroxyl groups excluding tert-OH is 4. The number of amides is 15. The molecule has 15 amide bonds. The fourth-order valence-electron chi connectivity index (χ4n) is 14.1. The number of phenolic OH excluding ortho intramolecular Hbond substituents is 1. The van der Waals surface area contributed by atoms with Gasteiger partial charge in [-0.3, -0.25) is 97.5 Å². The third kappa shape index (κ3) is 28.4. The molecule has 0 spiro atoms. The number of carbonyl (C=O) groups is 16. The Labute approximate surface area is 718 Å². The van der Waals surface area contributed by atoms with Crippen molar-refractivity contribution in [2.45, 2.75) is 184 Å². The number of aromatic hydroxyl groups is 1.